The van der Waals surface area contributed by atoms with E-state index < -0.39 is 6.04 Å². The number of hydrogen-bond donors (Lipinski definition) is 1. The lowest BCUT2D eigenvalue weighted by molar-refractivity contribution is -0.138. The van der Waals surface area contributed by atoms with Gasteiger partial charge in [-0.25, -0.2) is 9.78 Å². The first-order chi connectivity index (χ1) is 17.0. The maximum absolute atomic E-state index is 13.6. The fraction of sp³-hybridized carbons (Fsp3) is 0.241. The second kappa shape index (κ2) is 9.29. The summed E-state index contributed by atoms with van der Waals surface area (Å²) in [7, 11) is 1.64. The van der Waals surface area contributed by atoms with Crippen LogP contribution in [-0.2, 0) is 9.53 Å². The zero-order valence-corrected chi connectivity index (χ0v) is 20.4. The van der Waals surface area contributed by atoms with Gasteiger partial charge in [0.25, 0.3) is 0 Å². The third-order valence-electron chi connectivity index (χ3n) is 6.43. The lowest BCUT2D eigenvalue weighted by atomic mass is 9.91. The fourth-order valence-electron chi connectivity index (χ4n) is 4.63. The first-order valence-corrected chi connectivity index (χ1v) is 11.9. The van der Waals surface area contributed by atoms with Crippen molar-refractivity contribution in [2.45, 2.75) is 32.7 Å². The van der Waals surface area contributed by atoms with Crippen molar-refractivity contribution < 1.29 is 14.3 Å². The summed E-state index contributed by atoms with van der Waals surface area (Å²) in [5, 5.41) is 3.45. The third-order valence-corrected chi connectivity index (χ3v) is 6.43. The van der Waals surface area contributed by atoms with Crippen molar-refractivity contribution in [3.63, 3.8) is 0 Å². The molecule has 1 N–H and O–H groups in total. The molecule has 0 spiro atoms. The van der Waals surface area contributed by atoms with Gasteiger partial charge in [-0.1, -0.05) is 50.2 Å². The van der Waals surface area contributed by atoms with Gasteiger partial charge in [-0.15, -0.1) is 0 Å². The van der Waals surface area contributed by atoms with E-state index in [1.54, 1.807) is 7.11 Å². The lowest BCUT2D eigenvalue weighted by Crippen LogP contribution is -2.29. The maximum Gasteiger partial charge on any atom is 0.338 e. The minimum Gasteiger partial charge on any atom is -0.497 e. The Hall–Kier alpha value is -4.06. The Morgan fingerprint density at radius 3 is 2.40 bits per heavy atom. The highest BCUT2D eigenvalue weighted by molar-refractivity contribution is 6.03. The zero-order valence-electron chi connectivity index (χ0n) is 20.4. The van der Waals surface area contributed by atoms with Crippen LogP contribution in [0.5, 0.6) is 5.75 Å². The molecule has 4 aromatic rings. The highest BCUT2D eigenvalue weighted by Gasteiger charge is 2.36. The number of ether oxygens (including phenoxy) is 2. The molecule has 1 atom stereocenters. The van der Waals surface area contributed by atoms with E-state index in [4.69, 9.17) is 14.5 Å². The van der Waals surface area contributed by atoms with Gasteiger partial charge in [-0.3, -0.25) is 4.57 Å². The number of esters is 1. The molecule has 3 aromatic carbocycles. The molecule has 6 heteroatoms. The van der Waals surface area contributed by atoms with Gasteiger partial charge in [0.05, 0.1) is 42.1 Å². The Kier molecular flexibility index (Phi) is 6.03. The predicted molar refractivity (Wildman–Crippen MR) is 139 cm³/mol. The molecule has 6 nitrogen and oxygen atoms in total. The molecule has 0 bridgehead atoms. The summed E-state index contributed by atoms with van der Waals surface area (Å²) in [4.78, 5) is 18.4. The molecule has 0 aliphatic carbocycles. The Bertz CT molecular complexity index is 1400. The van der Waals surface area contributed by atoms with Crippen molar-refractivity contribution in [2.75, 3.05) is 19.0 Å². The van der Waals surface area contributed by atoms with Gasteiger partial charge < -0.3 is 14.8 Å². The number of nitrogens with zero attached hydrogens (tertiary/aromatic N) is 2. The summed E-state index contributed by atoms with van der Waals surface area (Å²) >= 11 is 0. The predicted octanol–water partition coefficient (Wildman–Crippen LogP) is 6.16. The van der Waals surface area contributed by atoms with Gasteiger partial charge in [-0.2, -0.15) is 0 Å². The number of nitrogens with one attached hydrogen (secondary N) is 1. The van der Waals surface area contributed by atoms with Crippen LogP contribution in [0, 0.1) is 0 Å². The standard InChI is InChI=1S/C29H29N3O3/c1-5-35-28(33)25-26(20-14-16-22(34-4)17-15-20)31-29-30-23-8-6-7-9-24(23)32(29)27(25)21-12-10-19(11-13-21)18(2)3/h6-18,27H,5H2,1-4H3,(H,30,31)/t27-/m0/s1. The Balaban J connectivity index is 1.78. The van der Waals surface area contributed by atoms with Crippen LogP contribution in [-0.4, -0.2) is 29.2 Å². The van der Waals surface area contributed by atoms with Crippen LogP contribution in [0.1, 0.15) is 49.4 Å². The second-order valence-electron chi connectivity index (χ2n) is 8.88. The Morgan fingerprint density at radius 1 is 1.03 bits per heavy atom. The fourth-order valence-corrected chi connectivity index (χ4v) is 4.63. The summed E-state index contributed by atoms with van der Waals surface area (Å²) in [6.45, 7) is 6.46. The smallest absolute Gasteiger partial charge is 0.338 e. The van der Waals surface area contributed by atoms with Crippen molar-refractivity contribution in [1.82, 2.24) is 9.55 Å². The molecule has 1 aromatic heterocycles. The largest absolute Gasteiger partial charge is 0.497 e. The van der Waals surface area contributed by atoms with E-state index in [2.05, 4.69) is 48.0 Å². The van der Waals surface area contributed by atoms with Crippen molar-refractivity contribution in [1.29, 1.82) is 0 Å². The SMILES string of the molecule is CCOC(=O)C1=C(c2ccc(OC)cc2)Nc2nc3ccccc3n2[C@H]1c1ccc(C(C)C)cc1. The summed E-state index contributed by atoms with van der Waals surface area (Å²) in [6.07, 6.45) is 0. The van der Waals surface area contributed by atoms with E-state index in [-0.39, 0.29) is 12.6 Å². The molecule has 0 radical (unpaired) electrons. The number of imidazole rings is 1. The molecule has 178 valence electrons. The highest BCUT2D eigenvalue weighted by Crippen LogP contribution is 2.42. The van der Waals surface area contributed by atoms with Crippen LogP contribution >= 0.6 is 0 Å². The van der Waals surface area contributed by atoms with E-state index in [0.29, 0.717) is 23.1 Å². The first kappa shape index (κ1) is 22.7. The van der Waals surface area contributed by atoms with E-state index >= 15 is 0 Å². The minimum atomic E-state index is -0.406. The monoisotopic (exact) mass is 467 g/mol. The van der Waals surface area contributed by atoms with Crippen LogP contribution in [0.4, 0.5) is 5.95 Å². The van der Waals surface area contributed by atoms with Crippen LogP contribution in [0.2, 0.25) is 0 Å². The van der Waals surface area contributed by atoms with Gasteiger partial charge in [0, 0.05) is 0 Å². The van der Waals surface area contributed by atoms with E-state index in [1.807, 2.05) is 55.5 Å². The Labute approximate surface area is 205 Å². The molecule has 0 saturated carbocycles. The maximum atomic E-state index is 13.6. The lowest BCUT2D eigenvalue weighted by Gasteiger charge is -2.31. The number of methoxy groups -OCH3 is 1. The van der Waals surface area contributed by atoms with Gasteiger partial charge >= 0.3 is 5.97 Å². The van der Waals surface area contributed by atoms with Crippen molar-refractivity contribution in [3.05, 3.63) is 95.1 Å². The first-order valence-electron chi connectivity index (χ1n) is 11.9. The number of anilines is 1. The average Bonchev–Trinajstić information content (AvgIpc) is 3.26. The zero-order chi connectivity index (χ0) is 24.5. The molecule has 0 fully saturated rings. The van der Waals surface area contributed by atoms with E-state index in [0.717, 1.165) is 27.9 Å². The number of benzene rings is 3. The third kappa shape index (κ3) is 4.05. The molecule has 0 saturated heterocycles. The summed E-state index contributed by atoms with van der Waals surface area (Å²) < 4.78 is 13.0. The normalized spacial score (nSPS) is 15.2. The highest BCUT2D eigenvalue weighted by atomic mass is 16.5. The molecule has 1 aliphatic rings. The molecule has 35 heavy (non-hydrogen) atoms. The van der Waals surface area contributed by atoms with Crippen molar-refractivity contribution in [3.8, 4) is 5.75 Å². The molecular formula is C29H29N3O3. The van der Waals surface area contributed by atoms with Gasteiger partial charge in [-0.05, 0) is 65.9 Å². The van der Waals surface area contributed by atoms with Crippen LogP contribution in [0.25, 0.3) is 16.7 Å². The van der Waals surface area contributed by atoms with Crippen LogP contribution in [0.15, 0.2) is 78.4 Å². The van der Waals surface area contributed by atoms with Crippen molar-refractivity contribution in [2.24, 2.45) is 0 Å². The van der Waals surface area contributed by atoms with Gasteiger partial charge in [0.1, 0.15) is 5.75 Å². The van der Waals surface area contributed by atoms with E-state index in [1.165, 1.54) is 5.56 Å². The number of hydrogen-bond acceptors (Lipinski definition) is 5. The molecule has 0 amide bonds. The summed E-state index contributed by atoms with van der Waals surface area (Å²) in [5.41, 5.74) is 6.14. The van der Waals surface area contributed by atoms with Crippen LogP contribution in [0.3, 0.4) is 0 Å². The number of rotatable bonds is 6. The molecule has 5 rings (SSSR count). The van der Waals surface area contributed by atoms with Gasteiger partial charge in [0.2, 0.25) is 5.95 Å². The topological polar surface area (TPSA) is 65.4 Å². The second-order valence-corrected chi connectivity index (χ2v) is 8.88. The minimum absolute atomic E-state index is 0.286. The van der Waals surface area contributed by atoms with E-state index in [9.17, 15) is 4.79 Å². The number of aromatic nitrogens is 2. The number of carbonyl (C=O) groups excluding carboxylic acids is 1. The summed E-state index contributed by atoms with van der Waals surface area (Å²) in [6, 6.07) is 23.7. The quantitative estimate of drug-likeness (QED) is 0.344. The van der Waals surface area contributed by atoms with Crippen LogP contribution < -0.4 is 10.1 Å². The number of carbonyl (C=O) groups is 1. The summed E-state index contributed by atoms with van der Waals surface area (Å²) in [5.74, 6) is 1.49. The number of para-hydroxylation sites is 2. The number of fused-ring (bicyclic) bond motifs is 3. The van der Waals surface area contributed by atoms with Gasteiger partial charge in [0.15, 0.2) is 0 Å². The average molecular weight is 468 g/mol. The molecule has 2 heterocycles. The Morgan fingerprint density at radius 2 is 1.74 bits per heavy atom. The molecular weight excluding hydrogens is 438 g/mol. The molecule has 0 unspecified atom stereocenters. The molecule has 1 aliphatic heterocycles. The van der Waals surface area contributed by atoms with Crippen molar-refractivity contribution >= 4 is 28.6 Å².